The molecule has 7 nitrogen and oxygen atoms in total. The van der Waals surface area contributed by atoms with Gasteiger partial charge in [-0.05, 0) is 183 Å². The van der Waals surface area contributed by atoms with Gasteiger partial charge in [-0.2, -0.15) is 0 Å². The van der Waals surface area contributed by atoms with Crippen molar-refractivity contribution in [3.63, 3.8) is 0 Å². The molecule has 0 spiro atoms. The Morgan fingerprint density at radius 2 is 0.644 bits per heavy atom. The molecule has 0 aliphatic heterocycles. The molecule has 0 saturated heterocycles. The highest BCUT2D eigenvalue weighted by atomic mass is 127. The Morgan fingerprint density at radius 1 is 0.310 bits per heavy atom. The van der Waals surface area contributed by atoms with E-state index in [0.29, 0.717) is 0 Å². The summed E-state index contributed by atoms with van der Waals surface area (Å²) in [4.78, 5) is 4.96. The number of fused-ring (bicyclic) bond motifs is 3. The topological polar surface area (TPSA) is 11.4 Å². The van der Waals surface area contributed by atoms with E-state index in [-0.39, 0.29) is 95.9 Å². The molecular formula is C76H119I4N7. The molecule has 0 aliphatic rings. The molecular weight excluding hydrogens is 1520 g/mol. The number of hydrogen-bond acceptors (Lipinski definition) is 2. The summed E-state index contributed by atoms with van der Waals surface area (Å²) in [7, 11) is 27.4. The van der Waals surface area contributed by atoms with Crippen molar-refractivity contribution in [2.45, 2.75) is 143 Å². The van der Waals surface area contributed by atoms with E-state index in [9.17, 15) is 0 Å². The summed E-state index contributed by atoms with van der Waals surface area (Å²) in [6.07, 6.45) is 22.4. The second kappa shape index (κ2) is 41.9. The van der Waals surface area contributed by atoms with Crippen molar-refractivity contribution in [3.8, 4) is 0 Å². The smallest absolute Gasteiger partial charge is 0.0780 e. The molecule has 7 rings (SSSR count). The van der Waals surface area contributed by atoms with Gasteiger partial charge in [-0.15, -0.1) is 0 Å². The van der Waals surface area contributed by atoms with Crippen LogP contribution in [-0.4, -0.2) is 146 Å². The van der Waals surface area contributed by atoms with Crippen molar-refractivity contribution < 1.29 is 114 Å². The molecule has 0 radical (unpaired) electrons. The van der Waals surface area contributed by atoms with Crippen LogP contribution in [0.4, 0.5) is 22.7 Å². The van der Waals surface area contributed by atoms with Crippen LogP contribution in [0.25, 0.3) is 21.8 Å². The van der Waals surface area contributed by atoms with Crippen molar-refractivity contribution in [3.05, 3.63) is 167 Å². The zero-order chi connectivity index (χ0) is 60.5. The maximum Gasteiger partial charge on any atom is 0.0780 e. The Hall–Kier alpha value is -2.52. The molecule has 0 bridgehead atoms. The van der Waals surface area contributed by atoms with Gasteiger partial charge in [0.2, 0.25) is 0 Å². The molecule has 0 N–H and O–H groups in total. The van der Waals surface area contributed by atoms with E-state index in [1.807, 2.05) is 0 Å². The number of para-hydroxylation sites is 1. The molecule has 0 atom stereocenters. The summed E-state index contributed by atoms with van der Waals surface area (Å²) in [5.41, 5.74) is 14.5. The van der Waals surface area contributed by atoms with Gasteiger partial charge >= 0.3 is 0 Å². The molecule has 7 aromatic rings. The van der Waals surface area contributed by atoms with Gasteiger partial charge in [-0.25, -0.2) is 0 Å². The van der Waals surface area contributed by atoms with Gasteiger partial charge in [0.25, 0.3) is 0 Å². The minimum Gasteiger partial charge on any atom is -1.00 e. The standard InChI is InChI=1S/C29H39N2.C25H49N3.C22H31N2.4HI/c1-24-11-17-27(18-12-24)30(28-19-13-25(2)14-20-28)29-21-15-26(16-22-29)10-8-6-7-9-23-31(3,4)5;1-24-16-18-25(19-17-24)26(20-12-8-10-14-22-27(2,3)4)21-13-9-11-15-23-28(5,6)7;1-18-13-14-22-20(17-18)19-11-7-8-12-21(19)23(22)15-9-5-6-10-16-24(2,3)4;;;;/h11-22H,6-10,23H2,1-5H3;16-19H,8-15,20-23H2,1-7H3;7-8,11-14,17H,5-6,9-10,15-16H2,1-4H3;4*1H/q+1;+2;+1;;;;/p-4. The third kappa shape index (κ3) is 33.1. The van der Waals surface area contributed by atoms with Crippen LogP contribution in [0.2, 0.25) is 0 Å². The molecule has 486 valence electrons. The van der Waals surface area contributed by atoms with Gasteiger partial charge in [0.15, 0.2) is 0 Å². The highest BCUT2D eigenvalue weighted by Gasteiger charge is 2.15. The van der Waals surface area contributed by atoms with Crippen molar-refractivity contribution in [1.82, 2.24) is 4.57 Å². The lowest BCUT2D eigenvalue weighted by Gasteiger charge is -2.26. The minimum absolute atomic E-state index is 0. The molecule has 11 heteroatoms. The monoisotopic (exact) mass is 1640 g/mol. The molecule has 0 aliphatic carbocycles. The summed E-state index contributed by atoms with van der Waals surface area (Å²) >= 11 is 0. The van der Waals surface area contributed by atoms with Crippen LogP contribution in [-0.2, 0) is 13.0 Å². The lowest BCUT2D eigenvalue weighted by molar-refractivity contribution is -0.870. The second-order valence-electron chi connectivity index (χ2n) is 28.6. The average Bonchev–Trinajstić information content (AvgIpc) is 1.77. The molecule has 87 heavy (non-hydrogen) atoms. The molecule has 0 amide bonds. The number of halogens is 4. The van der Waals surface area contributed by atoms with Crippen LogP contribution in [0.15, 0.2) is 140 Å². The number of hydrogen-bond donors (Lipinski definition) is 0. The van der Waals surface area contributed by atoms with Gasteiger partial charge in [0.05, 0.1) is 111 Å². The van der Waals surface area contributed by atoms with E-state index in [1.165, 1.54) is 221 Å². The predicted octanol–water partition coefficient (Wildman–Crippen LogP) is 6.30. The molecule has 0 unspecified atom stereocenters. The number of aryl methyl sites for hydroxylation is 6. The number of nitrogens with zero attached hydrogens (tertiary/aromatic N) is 7. The van der Waals surface area contributed by atoms with Crippen LogP contribution in [0.5, 0.6) is 0 Å². The number of unbranched alkanes of at least 4 members (excludes halogenated alkanes) is 12. The van der Waals surface area contributed by atoms with Crippen molar-refractivity contribution in [2.75, 3.05) is 134 Å². The lowest BCUT2D eigenvalue weighted by Crippen LogP contribution is -3.00. The van der Waals surface area contributed by atoms with E-state index >= 15 is 0 Å². The van der Waals surface area contributed by atoms with E-state index in [1.54, 1.807) is 0 Å². The Bertz CT molecular complexity index is 2820. The molecule has 1 heterocycles. The molecule has 6 aromatic carbocycles. The maximum atomic E-state index is 2.62. The van der Waals surface area contributed by atoms with E-state index < -0.39 is 0 Å². The number of anilines is 4. The Morgan fingerprint density at radius 3 is 1.06 bits per heavy atom. The van der Waals surface area contributed by atoms with Crippen molar-refractivity contribution in [1.29, 1.82) is 0 Å². The predicted molar refractivity (Wildman–Crippen MR) is 367 cm³/mol. The largest absolute Gasteiger partial charge is 1.00 e. The minimum atomic E-state index is 0. The van der Waals surface area contributed by atoms with Crippen LogP contribution in [0.3, 0.4) is 0 Å². The zero-order valence-electron chi connectivity index (χ0n) is 57.4. The van der Waals surface area contributed by atoms with Gasteiger partial charge < -0.3 is 128 Å². The molecule has 1 aromatic heterocycles. The van der Waals surface area contributed by atoms with Crippen LogP contribution in [0.1, 0.15) is 131 Å². The van der Waals surface area contributed by atoms with Gasteiger partial charge in [0.1, 0.15) is 0 Å². The Kier molecular flexibility index (Phi) is 39.7. The molecule has 0 fully saturated rings. The Balaban J connectivity index is 0.000000642. The number of benzene rings is 6. The highest BCUT2D eigenvalue weighted by Crippen LogP contribution is 2.35. The zero-order valence-corrected chi connectivity index (χ0v) is 66.0. The number of rotatable bonds is 32. The van der Waals surface area contributed by atoms with E-state index in [2.05, 4.69) is 266 Å². The lowest BCUT2D eigenvalue weighted by atomic mass is 10.0. The summed E-state index contributed by atoms with van der Waals surface area (Å²) < 4.78 is 6.84. The van der Waals surface area contributed by atoms with Crippen molar-refractivity contribution >= 4 is 44.6 Å². The third-order valence-corrected chi connectivity index (χ3v) is 16.1. The quantitative estimate of drug-likeness (QED) is 0.0279. The molecule has 0 saturated carbocycles. The van der Waals surface area contributed by atoms with E-state index in [4.69, 9.17) is 0 Å². The SMILES string of the molecule is Cc1ccc(N(CCCCCC[N+](C)(C)C)CCCCCC[N+](C)(C)C)cc1.Cc1ccc(N(c2ccc(C)cc2)c2ccc(CCCCCC[N+](C)(C)C)cc2)cc1.Cc1ccc2c(c1)c1ccccc1n2CCCCCC[N+](C)(C)C.[I-].[I-].[I-].[I-]. The van der Waals surface area contributed by atoms with Gasteiger partial charge in [0, 0.05) is 64.2 Å². The fourth-order valence-corrected chi connectivity index (χ4v) is 11.1. The first-order chi connectivity index (χ1) is 39.3. The van der Waals surface area contributed by atoms with Crippen molar-refractivity contribution in [2.24, 2.45) is 0 Å². The van der Waals surface area contributed by atoms with Crippen LogP contribution >= 0.6 is 0 Å². The normalized spacial score (nSPS) is 11.5. The van der Waals surface area contributed by atoms with Crippen LogP contribution in [0, 0.1) is 27.7 Å². The van der Waals surface area contributed by atoms with Crippen LogP contribution < -0.4 is 106 Å². The first kappa shape index (κ1) is 82.5. The Labute approximate surface area is 601 Å². The number of aromatic nitrogens is 1. The number of quaternary nitrogens is 4. The first-order valence-corrected chi connectivity index (χ1v) is 32.4. The van der Waals surface area contributed by atoms with E-state index in [0.717, 1.165) is 24.5 Å². The van der Waals surface area contributed by atoms with Gasteiger partial charge in [-0.3, -0.25) is 0 Å². The fraction of sp³-hybridized carbons (Fsp3) is 0.526. The maximum absolute atomic E-state index is 2.62. The summed E-state index contributed by atoms with van der Waals surface area (Å²) in [6.45, 7) is 17.3. The average molecular weight is 1640 g/mol. The highest BCUT2D eigenvalue weighted by molar-refractivity contribution is 6.08. The first-order valence-electron chi connectivity index (χ1n) is 32.4. The second-order valence-corrected chi connectivity index (χ2v) is 28.6. The fourth-order valence-electron chi connectivity index (χ4n) is 11.1. The summed E-state index contributed by atoms with van der Waals surface area (Å²) in [6, 6.07) is 51.5. The third-order valence-electron chi connectivity index (χ3n) is 16.1. The summed E-state index contributed by atoms with van der Waals surface area (Å²) in [5.74, 6) is 0. The van der Waals surface area contributed by atoms with Gasteiger partial charge in [-0.1, -0.05) is 121 Å². The summed E-state index contributed by atoms with van der Waals surface area (Å²) in [5, 5.41) is 2.79.